The standard InChI is InChI=1S/C12H16N2O5S/c1-13(2)11(15)8-6-5-7-9(20(17,18)19)10(8)12(16)14(3)4/h5-7H,1-4H3,(H,17,18,19). The molecule has 0 aromatic heterocycles. The molecule has 0 heterocycles. The van der Waals surface area contributed by atoms with Gasteiger partial charge in [-0.15, -0.1) is 0 Å². The largest absolute Gasteiger partial charge is 0.345 e. The molecule has 1 N–H and O–H groups in total. The number of carbonyl (C=O) groups excluding carboxylic acids is 2. The van der Waals surface area contributed by atoms with E-state index in [0.717, 1.165) is 11.0 Å². The summed E-state index contributed by atoms with van der Waals surface area (Å²) in [6, 6.07) is 3.72. The van der Waals surface area contributed by atoms with Crippen LogP contribution in [0.2, 0.25) is 0 Å². The van der Waals surface area contributed by atoms with Crippen LogP contribution < -0.4 is 0 Å². The molecule has 0 aliphatic rings. The van der Waals surface area contributed by atoms with Gasteiger partial charge in [0.1, 0.15) is 4.90 Å². The van der Waals surface area contributed by atoms with Gasteiger partial charge < -0.3 is 9.80 Å². The summed E-state index contributed by atoms with van der Waals surface area (Å²) in [5.41, 5.74) is -0.414. The van der Waals surface area contributed by atoms with E-state index in [4.69, 9.17) is 0 Å². The van der Waals surface area contributed by atoms with Gasteiger partial charge in [-0.2, -0.15) is 8.42 Å². The molecule has 0 saturated carbocycles. The van der Waals surface area contributed by atoms with Crippen molar-refractivity contribution < 1.29 is 22.6 Å². The van der Waals surface area contributed by atoms with Crippen molar-refractivity contribution in [3.05, 3.63) is 29.3 Å². The maximum atomic E-state index is 12.1. The Kier molecular flexibility index (Phi) is 4.51. The average Bonchev–Trinajstić information content (AvgIpc) is 2.34. The SMILES string of the molecule is CN(C)C(=O)c1cccc(S(=O)(=O)O)c1C(=O)N(C)C. The number of carbonyl (C=O) groups is 2. The maximum Gasteiger partial charge on any atom is 0.295 e. The number of amides is 2. The first-order chi connectivity index (χ1) is 9.07. The molecule has 0 fully saturated rings. The zero-order valence-electron chi connectivity index (χ0n) is 11.6. The van der Waals surface area contributed by atoms with Gasteiger partial charge in [0.15, 0.2) is 0 Å². The van der Waals surface area contributed by atoms with Gasteiger partial charge in [0.25, 0.3) is 21.9 Å². The monoisotopic (exact) mass is 300 g/mol. The molecule has 0 bridgehead atoms. The van der Waals surface area contributed by atoms with Crippen LogP contribution in [0.3, 0.4) is 0 Å². The summed E-state index contributed by atoms with van der Waals surface area (Å²) >= 11 is 0. The van der Waals surface area contributed by atoms with Crippen molar-refractivity contribution in [2.75, 3.05) is 28.2 Å². The van der Waals surface area contributed by atoms with Crippen LogP contribution in [-0.4, -0.2) is 62.8 Å². The molecule has 0 spiro atoms. The van der Waals surface area contributed by atoms with Crippen molar-refractivity contribution in [2.45, 2.75) is 4.90 Å². The van der Waals surface area contributed by atoms with E-state index in [1.807, 2.05) is 0 Å². The predicted molar refractivity (Wildman–Crippen MR) is 72.3 cm³/mol. The summed E-state index contributed by atoms with van der Waals surface area (Å²) in [6.07, 6.45) is 0. The van der Waals surface area contributed by atoms with Crippen LogP contribution in [-0.2, 0) is 10.1 Å². The fourth-order valence-electron chi connectivity index (χ4n) is 1.61. The molecule has 0 saturated heterocycles. The Bertz CT molecular complexity index is 650. The lowest BCUT2D eigenvalue weighted by molar-refractivity contribution is 0.0787. The minimum atomic E-state index is -4.61. The summed E-state index contributed by atoms with van der Waals surface area (Å²) in [5.74, 6) is -1.20. The molecule has 20 heavy (non-hydrogen) atoms. The van der Waals surface area contributed by atoms with E-state index in [9.17, 15) is 22.6 Å². The van der Waals surface area contributed by atoms with Gasteiger partial charge in [0.2, 0.25) is 0 Å². The molecule has 0 unspecified atom stereocenters. The minimum Gasteiger partial charge on any atom is -0.345 e. The Morgan fingerprint density at radius 3 is 1.90 bits per heavy atom. The predicted octanol–water partition coefficient (Wildman–Crippen LogP) is 0.337. The Balaban J connectivity index is 3.71. The van der Waals surface area contributed by atoms with Gasteiger partial charge in [-0.1, -0.05) is 6.07 Å². The van der Waals surface area contributed by atoms with Gasteiger partial charge in [0.05, 0.1) is 11.1 Å². The van der Waals surface area contributed by atoms with Gasteiger partial charge in [-0.3, -0.25) is 14.1 Å². The van der Waals surface area contributed by atoms with Crippen LogP contribution in [0, 0.1) is 0 Å². The number of rotatable bonds is 3. The zero-order chi connectivity index (χ0) is 15.7. The van der Waals surface area contributed by atoms with Crippen LogP contribution >= 0.6 is 0 Å². The number of hydrogen-bond donors (Lipinski definition) is 1. The summed E-state index contributed by atoms with van der Waals surface area (Å²) in [7, 11) is 1.19. The molecule has 1 rings (SSSR count). The second-order valence-electron chi connectivity index (χ2n) is 4.55. The maximum absolute atomic E-state index is 12.1. The van der Waals surface area contributed by atoms with Crippen LogP contribution in [0.1, 0.15) is 20.7 Å². The van der Waals surface area contributed by atoms with Crippen molar-refractivity contribution >= 4 is 21.9 Å². The van der Waals surface area contributed by atoms with Gasteiger partial charge in [-0.25, -0.2) is 0 Å². The first-order valence-electron chi connectivity index (χ1n) is 5.61. The third-order valence-corrected chi connectivity index (χ3v) is 3.46. The van der Waals surface area contributed by atoms with Crippen molar-refractivity contribution in [3.63, 3.8) is 0 Å². The smallest absolute Gasteiger partial charge is 0.295 e. The molecular formula is C12H16N2O5S. The second-order valence-corrected chi connectivity index (χ2v) is 5.94. The van der Waals surface area contributed by atoms with Gasteiger partial charge in [-0.05, 0) is 12.1 Å². The van der Waals surface area contributed by atoms with E-state index in [-0.39, 0.29) is 11.1 Å². The second kappa shape index (κ2) is 5.59. The first kappa shape index (κ1) is 16.1. The Labute approximate surface area is 117 Å². The molecule has 1 aromatic rings. The van der Waals surface area contributed by atoms with Crippen LogP contribution in [0.25, 0.3) is 0 Å². The van der Waals surface area contributed by atoms with Crippen LogP contribution in [0.15, 0.2) is 23.1 Å². The Hall–Kier alpha value is -1.93. The van der Waals surface area contributed by atoms with Gasteiger partial charge in [0, 0.05) is 28.2 Å². The summed E-state index contributed by atoms with van der Waals surface area (Å²) < 4.78 is 32.0. The van der Waals surface area contributed by atoms with Crippen molar-refractivity contribution in [3.8, 4) is 0 Å². The molecule has 7 nitrogen and oxygen atoms in total. The molecule has 110 valence electrons. The highest BCUT2D eigenvalue weighted by Gasteiger charge is 2.28. The van der Waals surface area contributed by atoms with Crippen molar-refractivity contribution in [1.29, 1.82) is 0 Å². The van der Waals surface area contributed by atoms with E-state index in [2.05, 4.69) is 0 Å². The Morgan fingerprint density at radius 1 is 1.00 bits per heavy atom. The van der Waals surface area contributed by atoms with E-state index >= 15 is 0 Å². The molecule has 0 aliphatic heterocycles. The third kappa shape index (κ3) is 3.14. The van der Waals surface area contributed by atoms with Crippen molar-refractivity contribution in [2.24, 2.45) is 0 Å². The molecule has 8 heteroatoms. The fourth-order valence-corrected chi connectivity index (χ4v) is 2.32. The molecule has 0 radical (unpaired) electrons. The number of hydrogen-bond acceptors (Lipinski definition) is 4. The zero-order valence-corrected chi connectivity index (χ0v) is 12.4. The summed E-state index contributed by atoms with van der Waals surface area (Å²) in [6.45, 7) is 0. The quantitative estimate of drug-likeness (QED) is 0.812. The molecule has 0 atom stereocenters. The molecule has 0 aliphatic carbocycles. The third-order valence-electron chi connectivity index (χ3n) is 2.56. The fraction of sp³-hybridized carbons (Fsp3) is 0.333. The topological polar surface area (TPSA) is 95.0 Å². The lowest BCUT2D eigenvalue weighted by atomic mass is 10.1. The van der Waals surface area contributed by atoms with Gasteiger partial charge >= 0.3 is 0 Å². The molecular weight excluding hydrogens is 284 g/mol. The lowest BCUT2D eigenvalue weighted by Crippen LogP contribution is -2.30. The Morgan fingerprint density at radius 2 is 1.50 bits per heavy atom. The van der Waals surface area contributed by atoms with Crippen LogP contribution in [0.5, 0.6) is 0 Å². The molecule has 2 amide bonds. The number of benzene rings is 1. The first-order valence-corrected chi connectivity index (χ1v) is 7.05. The van der Waals surface area contributed by atoms with E-state index in [1.54, 1.807) is 0 Å². The van der Waals surface area contributed by atoms with Crippen LogP contribution in [0.4, 0.5) is 0 Å². The van der Waals surface area contributed by atoms with Crippen molar-refractivity contribution in [1.82, 2.24) is 9.80 Å². The summed E-state index contributed by atoms with van der Waals surface area (Å²) in [4.78, 5) is 26.0. The highest BCUT2D eigenvalue weighted by molar-refractivity contribution is 7.86. The highest BCUT2D eigenvalue weighted by Crippen LogP contribution is 2.22. The molecule has 1 aromatic carbocycles. The lowest BCUT2D eigenvalue weighted by Gasteiger charge is -2.18. The normalized spacial score (nSPS) is 11.1. The van der Waals surface area contributed by atoms with E-state index < -0.39 is 26.8 Å². The highest BCUT2D eigenvalue weighted by atomic mass is 32.2. The van der Waals surface area contributed by atoms with E-state index in [0.29, 0.717) is 0 Å². The number of nitrogens with zero attached hydrogens (tertiary/aromatic N) is 2. The minimum absolute atomic E-state index is 0.0798. The van der Waals surface area contributed by atoms with E-state index in [1.165, 1.54) is 45.2 Å². The summed E-state index contributed by atoms with van der Waals surface area (Å²) in [5, 5.41) is 0. The average molecular weight is 300 g/mol.